The summed E-state index contributed by atoms with van der Waals surface area (Å²) in [5.41, 5.74) is 1.16. The monoisotopic (exact) mass is 289 g/mol. The van der Waals surface area contributed by atoms with Crippen molar-refractivity contribution in [3.63, 3.8) is 0 Å². The lowest BCUT2D eigenvalue weighted by Crippen LogP contribution is -2.40. The van der Waals surface area contributed by atoms with E-state index in [-0.39, 0.29) is 5.82 Å². The van der Waals surface area contributed by atoms with Crippen molar-refractivity contribution in [2.75, 3.05) is 19.6 Å². The molecule has 1 fully saturated rings. The molecule has 1 aromatic rings. The van der Waals surface area contributed by atoms with E-state index in [1.807, 2.05) is 0 Å². The number of nitrogens with zero attached hydrogens (tertiary/aromatic N) is 2. The fourth-order valence-corrected chi connectivity index (χ4v) is 2.87. The van der Waals surface area contributed by atoms with Crippen LogP contribution in [0, 0.1) is 23.1 Å². The van der Waals surface area contributed by atoms with Gasteiger partial charge in [-0.1, -0.05) is 13.8 Å². The van der Waals surface area contributed by atoms with Gasteiger partial charge in [-0.2, -0.15) is 5.26 Å². The molecule has 0 amide bonds. The number of nitrogens with one attached hydrogen (secondary N) is 1. The van der Waals surface area contributed by atoms with E-state index in [1.54, 1.807) is 6.07 Å². The maximum Gasteiger partial charge on any atom is 0.127 e. The van der Waals surface area contributed by atoms with Crippen LogP contribution in [0.1, 0.15) is 37.8 Å². The van der Waals surface area contributed by atoms with Crippen molar-refractivity contribution in [3.8, 4) is 6.07 Å². The van der Waals surface area contributed by atoms with Gasteiger partial charge in [-0.05, 0) is 50.0 Å². The van der Waals surface area contributed by atoms with Gasteiger partial charge in [0.15, 0.2) is 0 Å². The fourth-order valence-electron chi connectivity index (χ4n) is 2.87. The van der Waals surface area contributed by atoms with Crippen molar-refractivity contribution in [1.82, 2.24) is 10.2 Å². The Bertz CT molecular complexity index is 507. The molecule has 0 aromatic heterocycles. The van der Waals surface area contributed by atoms with Crippen LogP contribution in [0.2, 0.25) is 0 Å². The molecular weight excluding hydrogens is 265 g/mol. The van der Waals surface area contributed by atoms with Crippen LogP contribution < -0.4 is 5.32 Å². The van der Waals surface area contributed by atoms with Crippen LogP contribution in [0.25, 0.3) is 0 Å². The van der Waals surface area contributed by atoms with Crippen molar-refractivity contribution in [2.24, 2.45) is 5.92 Å². The quantitative estimate of drug-likeness (QED) is 0.906. The molecule has 0 spiro atoms. The molecule has 1 aliphatic rings. The van der Waals surface area contributed by atoms with E-state index in [0.29, 0.717) is 29.6 Å². The second-order valence-corrected chi connectivity index (χ2v) is 6.22. The van der Waals surface area contributed by atoms with Crippen LogP contribution in [-0.4, -0.2) is 30.6 Å². The Morgan fingerprint density at radius 2 is 2.29 bits per heavy atom. The van der Waals surface area contributed by atoms with Crippen LogP contribution >= 0.6 is 0 Å². The standard InChI is InChI=1S/C17H24FN3/c1-13(2)20-10-15-4-3-7-21(11-15)12-16-8-14(9-19)5-6-17(16)18/h5-6,8,13,15,20H,3-4,7,10-12H2,1-2H3. The molecule has 21 heavy (non-hydrogen) atoms. The second-order valence-electron chi connectivity index (χ2n) is 6.22. The predicted molar refractivity (Wildman–Crippen MR) is 82.3 cm³/mol. The number of halogens is 1. The Hall–Kier alpha value is -1.44. The van der Waals surface area contributed by atoms with Gasteiger partial charge in [0.25, 0.3) is 0 Å². The van der Waals surface area contributed by atoms with Gasteiger partial charge in [0, 0.05) is 24.7 Å². The average molecular weight is 289 g/mol. The molecule has 0 aliphatic carbocycles. The third-order valence-electron chi connectivity index (χ3n) is 3.99. The third-order valence-corrected chi connectivity index (χ3v) is 3.99. The van der Waals surface area contributed by atoms with Crippen LogP contribution in [0.4, 0.5) is 4.39 Å². The summed E-state index contributed by atoms with van der Waals surface area (Å²) in [4.78, 5) is 2.30. The summed E-state index contributed by atoms with van der Waals surface area (Å²) in [6, 6.07) is 7.19. The van der Waals surface area contributed by atoms with Gasteiger partial charge in [0.05, 0.1) is 11.6 Å². The lowest BCUT2D eigenvalue weighted by molar-refractivity contribution is 0.162. The van der Waals surface area contributed by atoms with Crippen molar-refractivity contribution in [3.05, 3.63) is 35.1 Å². The zero-order valence-electron chi connectivity index (χ0n) is 12.9. The first-order valence-corrected chi connectivity index (χ1v) is 7.72. The van der Waals surface area contributed by atoms with E-state index in [0.717, 1.165) is 26.1 Å². The van der Waals surface area contributed by atoms with Crippen molar-refractivity contribution in [1.29, 1.82) is 5.26 Å². The summed E-state index contributed by atoms with van der Waals surface area (Å²) in [5.74, 6) is 0.416. The molecule has 2 rings (SSSR count). The lowest BCUT2D eigenvalue weighted by atomic mass is 9.97. The molecule has 0 saturated carbocycles. The molecule has 0 radical (unpaired) electrons. The highest BCUT2D eigenvalue weighted by molar-refractivity contribution is 5.33. The zero-order chi connectivity index (χ0) is 15.2. The molecule has 4 heteroatoms. The number of likely N-dealkylation sites (tertiary alicyclic amines) is 1. The minimum Gasteiger partial charge on any atom is -0.314 e. The summed E-state index contributed by atoms with van der Waals surface area (Å²) in [6.07, 6.45) is 2.39. The van der Waals surface area contributed by atoms with Gasteiger partial charge in [-0.3, -0.25) is 4.90 Å². The van der Waals surface area contributed by atoms with Gasteiger partial charge in [0.1, 0.15) is 5.82 Å². The Kier molecular flexibility index (Phi) is 5.72. The SMILES string of the molecule is CC(C)NCC1CCCN(Cc2cc(C#N)ccc2F)C1. The van der Waals surface area contributed by atoms with E-state index < -0.39 is 0 Å². The first-order valence-electron chi connectivity index (χ1n) is 7.72. The molecule has 114 valence electrons. The van der Waals surface area contributed by atoms with Gasteiger partial charge >= 0.3 is 0 Å². The van der Waals surface area contributed by atoms with Crippen LogP contribution in [-0.2, 0) is 6.54 Å². The summed E-state index contributed by atoms with van der Waals surface area (Å²) >= 11 is 0. The average Bonchev–Trinajstić information content (AvgIpc) is 2.48. The lowest BCUT2D eigenvalue weighted by Gasteiger charge is -2.33. The second kappa shape index (κ2) is 7.53. The number of hydrogen-bond acceptors (Lipinski definition) is 3. The van der Waals surface area contributed by atoms with Gasteiger partial charge in [-0.15, -0.1) is 0 Å². The number of nitriles is 1. The summed E-state index contributed by atoms with van der Waals surface area (Å²) in [7, 11) is 0. The predicted octanol–water partition coefficient (Wildman–Crippen LogP) is 2.91. The van der Waals surface area contributed by atoms with Crippen molar-refractivity contribution in [2.45, 2.75) is 39.3 Å². The third kappa shape index (κ3) is 4.80. The normalized spacial score (nSPS) is 19.7. The highest BCUT2D eigenvalue weighted by atomic mass is 19.1. The Morgan fingerprint density at radius 1 is 1.48 bits per heavy atom. The first-order chi connectivity index (χ1) is 10.1. The molecular formula is C17H24FN3. The molecule has 0 bridgehead atoms. The van der Waals surface area contributed by atoms with E-state index in [4.69, 9.17) is 5.26 Å². The van der Waals surface area contributed by atoms with Crippen LogP contribution in [0.5, 0.6) is 0 Å². The van der Waals surface area contributed by atoms with E-state index in [2.05, 4.69) is 30.1 Å². The minimum absolute atomic E-state index is 0.212. The summed E-state index contributed by atoms with van der Waals surface area (Å²) < 4.78 is 13.9. The molecule has 1 aliphatic heterocycles. The Balaban J connectivity index is 1.95. The maximum absolute atomic E-state index is 13.9. The number of piperidine rings is 1. The van der Waals surface area contributed by atoms with E-state index in [1.165, 1.54) is 18.6 Å². The fraction of sp³-hybridized carbons (Fsp3) is 0.588. The summed E-state index contributed by atoms with van der Waals surface area (Å²) in [6.45, 7) is 7.94. The molecule has 1 aromatic carbocycles. The molecule has 1 saturated heterocycles. The maximum atomic E-state index is 13.9. The van der Waals surface area contributed by atoms with Crippen LogP contribution in [0.15, 0.2) is 18.2 Å². The highest BCUT2D eigenvalue weighted by Gasteiger charge is 2.20. The molecule has 3 nitrogen and oxygen atoms in total. The summed E-state index contributed by atoms with van der Waals surface area (Å²) in [5, 5.41) is 12.4. The Labute approximate surface area is 126 Å². The molecule has 1 unspecified atom stereocenters. The molecule has 1 atom stereocenters. The molecule has 1 heterocycles. The number of rotatable bonds is 5. The van der Waals surface area contributed by atoms with Gasteiger partial charge in [0.2, 0.25) is 0 Å². The zero-order valence-corrected chi connectivity index (χ0v) is 12.9. The largest absolute Gasteiger partial charge is 0.314 e. The van der Waals surface area contributed by atoms with E-state index in [9.17, 15) is 4.39 Å². The van der Waals surface area contributed by atoms with Crippen molar-refractivity contribution < 1.29 is 4.39 Å². The van der Waals surface area contributed by atoms with Crippen LogP contribution in [0.3, 0.4) is 0 Å². The van der Waals surface area contributed by atoms with Gasteiger partial charge in [-0.25, -0.2) is 4.39 Å². The van der Waals surface area contributed by atoms with E-state index >= 15 is 0 Å². The molecule has 1 N–H and O–H groups in total. The smallest absolute Gasteiger partial charge is 0.127 e. The Morgan fingerprint density at radius 3 is 3.00 bits per heavy atom. The highest BCUT2D eigenvalue weighted by Crippen LogP contribution is 2.20. The first kappa shape index (κ1) is 15.9. The topological polar surface area (TPSA) is 39.1 Å². The van der Waals surface area contributed by atoms with Crippen molar-refractivity contribution >= 4 is 0 Å². The number of hydrogen-bond donors (Lipinski definition) is 1. The number of benzene rings is 1. The minimum atomic E-state index is -0.212. The van der Waals surface area contributed by atoms with Gasteiger partial charge < -0.3 is 5.32 Å².